The molecule has 2 rings (SSSR count). The molecule has 0 radical (unpaired) electrons. The summed E-state index contributed by atoms with van der Waals surface area (Å²) in [6.45, 7) is 6.04. The lowest BCUT2D eigenvalue weighted by molar-refractivity contribution is 0.152. The third-order valence-electron chi connectivity index (χ3n) is 3.79. The van der Waals surface area contributed by atoms with Crippen LogP contribution < -0.4 is 10.6 Å². The summed E-state index contributed by atoms with van der Waals surface area (Å²) in [4.78, 5) is 4.20. The summed E-state index contributed by atoms with van der Waals surface area (Å²) in [5.41, 5.74) is 0. The monoisotopic (exact) mass is 308 g/mol. The van der Waals surface area contributed by atoms with E-state index in [0.717, 1.165) is 56.7 Å². The van der Waals surface area contributed by atoms with Gasteiger partial charge in [-0.25, -0.2) is 0 Å². The van der Waals surface area contributed by atoms with Crippen LogP contribution in [0.2, 0.25) is 0 Å². The van der Waals surface area contributed by atoms with Crippen molar-refractivity contribution in [3.63, 3.8) is 0 Å². The van der Waals surface area contributed by atoms with Crippen LogP contribution in [0.25, 0.3) is 0 Å². The van der Waals surface area contributed by atoms with Gasteiger partial charge in [-0.05, 0) is 19.8 Å². The van der Waals surface area contributed by atoms with E-state index in [-0.39, 0.29) is 0 Å². The number of guanidine groups is 1. The molecular formula is C15H28N6O. The van der Waals surface area contributed by atoms with Gasteiger partial charge in [0.25, 0.3) is 0 Å². The van der Waals surface area contributed by atoms with E-state index in [4.69, 9.17) is 4.74 Å². The maximum Gasteiger partial charge on any atom is 0.191 e. The summed E-state index contributed by atoms with van der Waals surface area (Å²) in [6, 6.07) is 0. The van der Waals surface area contributed by atoms with E-state index in [2.05, 4.69) is 30.4 Å². The highest BCUT2D eigenvalue weighted by molar-refractivity contribution is 5.79. The standard InChI is InChI=1S/C15H28N6O/c1-3-22-12-10-18-15(16-2)17-9-8-14-20-19-13-7-5-4-6-11-21(13)14/h3-12H2,1-2H3,(H2,16,17,18). The Morgan fingerprint density at radius 3 is 2.91 bits per heavy atom. The molecule has 0 spiro atoms. The second-order valence-electron chi connectivity index (χ2n) is 5.37. The molecule has 2 heterocycles. The normalized spacial score (nSPS) is 15.3. The Morgan fingerprint density at radius 1 is 1.23 bits per heavy atom. The fourth-order valence-corrected chi connectivity index (χ4v) is 2.63. The summed E-state index contributed by atoms with van der Waals surface area (Å²) in [5, 5.41) is 15.2. The molecule has 0 bridgehead atoms. The third-order valence-corrected chi connectivity index (χ3v) is 3.79. The number of ether oxygens (including phenoxy) is 1. The molecule has 1 aliphatic rings. The zero-order valence-corrected chi connectivity index (χ0v) is 13.8. The molecule has 0 saturated carbocycles. The lowest BCUT2D eigenvalue weighted by Gasteiger charge is -2.12. The Morgan fingerprint density at radius 2 is 2.09 bits per heavy atom. The van der Waals surface area contributed by atoms with Crippen molar-refractivity contribution >= 4 is 5.96 Å². The Bertz CT molecular complexity index is 471. The zero-order valence-electron chi connectivity index (χ0n) is 13.8. The van der Waals surface area contributed by atoms with Gasteiger partial charge < -0.3 is 19.9 Å². The number of fused-ring (bicyclic) bond motifs is 1. The maximum atomic E-state index is 5.30. The van der Waals surface area contributed by atoms with E-state index in [1.807, 2.05) is 6.92 Å². The molecule has 1 aromatic rings. The minimum atomic E-state index is 0.689. The molecular weight excluding hydrogens is 280 g/mol. The first-order valence-corrected chi connectivity index (χ1v) is 8.28. The minimum Gasteiger partial charge on any atom is -0.380 e. The smallest absolute Gasteiger partial charge is 0.191 e. The van der Waals surface area contributed by atoms with Crippen LogP contribution in [0.5, 0.6) is 0 Å². The summed E-state index contributed by atoms with van der Waals surface area (Å²) in [6.07, 6.45) is 5.66. The molecule has 0 saturated heterocycles. The van der Waals surface area contributed by atoms with Gasteiger partial charge in [0.05, 0.1) is 6.61 Å². The Labute approximate surface area is 132 Å². The maximum absolute atomic E-state index is 5.30. The first-order valence-electron chi connectivity index (χ1n) is 8.28. The van der Waals surface area contributed by atoms with Gasteiger partial charge in [-0.15, -0.1) is 10.2 Å². The molecule has 0 fully saturated rings. The van der Waals surface area contributed by atoms with E-state index < -0.39 is 0 Å². The molecule has 7 nitrogen and oxygen atoms in total. The van der Waals surface area contributed by atoms with Crippen molar-refractivity contribution in [1.29, 1.82) is 0 Å². The van der Waals surface area contributed by atoms with Gasteiger partial charge in [0, 0.05) is 46.1 Å². The van der Waals surface area contributed by atoms with Gasteiger partial charge in [0.1, 0.15) is 11.6 Å². The average molecular weight is 308 g/mol. The summed E-state index contributed by atoms with van der Waals surface area (Å²) >= 11 is 0. The molecule has 7 heteroatoms. The molecule has 0 amide bonds. The van der Waals surface area contributed by atoms with Gasteiger partial charge in [0.2, 0.25) is 0 Å². The number of rotatable bonds is 7. The summed E-state index contributed by atoms with van der Waals surface area (Å²) in [7, 11) is 1.78. The van der Waals surface area contributed by atoms with Gasteiger partial charge in [-0.3, -0.25) is 4.99 Å². The van der Waals surface area contributed by atoms with Crippen LogP contribution in [0.4, 0.5) is 0 Å². The second-order valence-corrected chi connectivity index (χ2v) is 5.37. The van der Waals surface area contributed by atoms with Crippen molar-refractivity contribution in [2.45, 2.75) is 45.6 Å². The second kappa shape index (κ2) is 9.40. The summed E-state index contributed by atoms with van der Waals surface area (Å²) in [5.74, 6) is 3.02. The van der Waals surface area contributed by atoms with Crippen LogP contribution in [0.1, 0.15) is 37.8 Å². The quantitative estimate of drug-likeness (QED) is 0.441. The summed E-state index contributed by atoms with van der Waals surface area (Å²) < 4.78 is 7.59. The number of aliphatic imine (C=N–C) groups is 1. The molecule has 124 valence electrons. The van der Waals surface area contributed by atoms with Crippen molar-refractivity contribution in [3.8, 4) is 0 Å². The van der Waals surface area contributed by atoms with Gasteiger partial charge in [0.15, 0.2) is 5.96 Å². The van der Waals surface area contributed by atoms with Gasteiger partial charge in [-0.2, -0.15) is 0 Å². The topological polar surface area (TPSA) is 76.4 Å². The number of nitrogens with zero attached hydrogens (tertiary/aromatic N) is 4. The van der Waals surface area contributed by atoms with Crippen molar-refractivity contribution < 1.29 is 4.74 Å². The van der Waals surface area contributed by atoms with Gasteiger partial charge in [-0.1, -0.05) is 6.42 Å². The van der Waals surface area contributed by atoms with Crippen LogP contribution in [-0.4, -0.2) is 54.1 Å². The first kappa shape index (κ1) is 16.7. The molecule has 0 aromatic carbocycles. The lowest BCUT2D eigenvalue weighted by Crippen LogP contribution is -2.40. The number of aryl methyl sites for hydroxylation is 1. The van der Waals surface area contributed by atoms with E-state index >= 15 is 0 Å². The fourth-order valence-electron chi connectivity index (χ4n) is 2.63. The highest BCUT2D eigenvalue weighted by atomic mass is 16.5. The number of hydrogen-bond acceptors (Lipinski definition) is 4. The highest BCUT2D eigenvalue weighted by Crippen LogP contribution is 2.14. The zero-order chi connectivity index (χ0) is 15.6. The molecule has 1 aliphatic heterocycles. The van der Waals surface area contributed by atoms with Crippen LogP contribution in [0.15, 0.2) is 4.99 Å². The van der Waals surface area contributed by atoms with Crippen LogP contribution in [0.3, 0.4) is 0 Å². The molecule has 0 unspecified atom stereocenters. The number of aromatic nitrogens is 3. The average Bonchev–Trinajstić information content (AvgIpc) is 2.77. The highest BCUT2D eigenvalue weighted by Gasteiger charge is 2.14. The third kappa shape index (κ3) is 4.98. The SMILES string of the molecule is CCOCCNC(=NC)NCCc1nnc2n1CCCCC2. The van der Waals surface area contributed by atoms with Crippen molar-refractivity contribution in [1.82, 2.24) is 25.4 Å². The van der Waals surface area contributed by atoms with Crippen molar-refractivity contribution in [2.75, 3.05) is 33.4 Å². The van der Waals surface area contributed by atoms with Gasteiger partial charge >= 0.3 is 0 Å². The van der Waals surface area contributed by atoms with Crippen LogP contribution in [-0.2, 0) is 24.1 Å². The number of hydrogen-bond donors (Lipinski definition) is 2. The predicted molar refractivity (Wildman–Crippen MR) is 87.1 cm³/mol. The van der Waals surface area contributed by atoms with E-state index in [1.165, 1.54) is 19.3 Å². The number of nitrogens with one attached hydrogen (secondary N) is 2. The largest absolute Gasteiger partial charge is 0.380 e. The Kier molecular flexibility index (Phi) is 7.15. The van der Waals surface area contributed by atoms with Crippen LogP contribution >= 0.6 is 0 Å². The molecule has 1 aromatic heterocycles. The van der Waals surface area contributed by atoms with Crippen molar-refractivity contribution in [3.05, 3.63) is 11.6 Å². The van der Waals surface area contributed by atoms with E-state index in [1.54, 1.807) is 7.05 Å². The predicted octanol–water partition coefficient (Wildman–Crippen LogP) is 0.749. The molecule has 2 N–H and O–H groups in total. The molecule has 22 heavy (non-hydrogen) atoms. The van der Waals surface area contributed by atoms with Crippen molar-refractivity contribution in [2.24, 2.45) is 4.99 Å². The molecule has 0 aliphatic carbocycles. The Balaban J connectivity index is 1.74. The van der Waals surface area contributed by atoms with Crippen LogP contribution in [0, 0.1) is 0 Å². The van der Waals surface area contributed by atoms with E-state index in [9.17, 15) is 0 Å². The lowest BCUT2D eigenvalue weighted by atomic mass is 10.2. The Hall–Kier alpha value is -1.63. The first-order chi connectivity index (χ1) is 10.8. The fraction of sp³-hybridized carbons (Fsp3) is 0.800. The van der Waals surface area contributed by atoms with E-state index in [0.29, 0.717) is 6.61 Å². The molecule has 0 atom stereocenters. The minimum absolute atomic E-state index is 0.689.